The fourth-order valence-corrected chi connectivity index (χ4v) is 1.89. The maximum absolute atomic E-state index is 13.8. The van der Waals surface area contributed by atoms with E-state index in [1.165, 1.54) is 12.1 Å². The Balaban J connectivity index is 1.98. The van der Waals surface area contributed by atoms with Crippen LogP contribution in [0.15, 0.2) is 30.3 Å². The van der Waals surface area contributed by atoms with E-state index in [1.54, 1.807) is 25.1 Å². The second-order valence-corrected chi connectivity index (χ2v) is 4.35. The van der Waals surface area contributed by atoms with Crippen LogP contribution in [0.5, 0.6) is 11.5 Å². The highest BCUT2D eigenvalue weighted by Crippen LogP contribution is 2.30. The molecule has 2 aromatic carbocycles. The van der Waals surface area contributed by atoms with E-state index in [0.29, 0.717) is 22.5 Å². The summed E-state index contributed by atoms with van der Waals surface area (Å²) in [5, 5.41) is 7.45. The Morgan fingerprint density at radius 3 is 3.00 bits per heavy atom. The zero-order valence-corrected chi connectivity index (χ0v) is 10.6. The molecule has 0 fully saturated rings. The average Bonchev–Trinajstić information content (AvgIpc) is 2.91. The standard InChI is InChI=1S/C14H13FN4O/c1-8-13(6-4-10(16)14(8)15)20-9-3-5-12-11(7-9)17-18-19(12)2/h3-7H,16H2,1-2H3/i2D3. The van der Waals surface area contributed by atoms with Gasteiger partial charge in [0.15, 0.2) is 5.82 Å². The van der Waals surface area contributed by atoms with E-state index in [0.717, 1.165) is 4.68 Å². The number of aryl methyl sites for hydroxylation is 1. The van der Waals surface area contributed by atoms with Crippen LogP contribution >= 0.6 is 0 Å². The lowest BCUT2D eigenvalue weighted by Crippen LogP contribution is -1.96. The van der Waals surface area contributed by atoms with Crippen molar-refractivity contribution < 1.29 is 13.2 Å². The average molecular weight is 275 g/mol. The summed E-state index contributed by atoms with van der Waals surface area (Å²) in [6.07, 6.45) is 0. The highest BCUT2D eigenvalue weighted by atomic mass is 19.1. The molecule has 5 nitrogen and oxygen atoms in total. The van der Waals surface area contributed by atoms with Crippen LogP contribution in [0.4, 0.5) is 10.1 Å². The summed E-state index contributed by atoms with van der Waals surface area (Å²) >= 11 is 0. The van der Waals surface area contributed by atoms with E-state index < -0.39 is 12.8 Å². The van der Waals surface area contributed by atoms with Crippen LogP contribution in [0.1, 0.15) is 9.68 Å². The predicted molar refractivity (Wildman–Crippen MR) is 74.1 cm³/mol. The molecule has 0 amide bonds. The van der Waals surface area contributed by atoms with Crippen LogP contribution in [-0.2, 0) is 6.98 Å². The number of nitrogens with two attached hydrogens (primary N) is 1. The molecule has 0 aliphatic heterocycles. The van der Waals surface area contributed by atoms with Gasteiger partial charge in [-0.25, -0.2) is 9.07 Å². The Hall–Kier alpha value is -2.63. The molecular formula is C14H13FN4O. The van der Waals surface area contributed by atoms with Crippen molar-refractivity contribution in [2.24, 2.45) is 6.98 Å². The van der Waals surface area contributed by atoms with Gasteiger partial charge in [0, 0.05) is 22.7 Å². The minimum atomic E-state index is -2.41. The van der Waals surface area contributed by atoms with Gasteiger partial charge in [0.05, 0.1) is 11.2 Å². The van der Waals surface area contributed by atoms with Gasteiger partial charge in [0.2, 0.25) is 0 Å². The van der Waals surface area contributed by atoms with Gasteiger partial charge in [-0.2, -0.15) is 0 Å². The topological polar surface area (TPSA) is 66.0 Å². The van der Waals surface area contributed by atoms with E-state index in [4.69, 9.17) is 14.6 Å². The molecule has 1 heterocycles. The SMILES string of the molecule is [2H]C([2H])([2H])n1nnc2cc(Oc3ccc(N)c(F)c3C)ccc21. The summed E-state index contributed by atoms with van der Waals surface area (Å²) in [4.78, 5) is 0. The van der Waals surface area contributed by atoms with Crippen molar-refractivity contribution in [2.75, 3.05) is 5.73 Å². The molecule has 3 rings (SSSR count). The molecule has 1 aromatic heterocycles. The molecule has 0 atom stereocenters. The molecule has 20 heavy (non-hydrogen) atoms. The molecule has 0 aliphatic carbocycles. The number of anilines is 1. The molecule has 0 bridgehead atoms. The minimum Gasteiger partial charge on any atom is -0.457 e. The lowest BCUT2D eigenvalue weighted by Gasteiger charge is -2.10. The Labute approximate surface area is 119 Å². The maximum Gasteiger partial charge on any atom is 0.152 e. The van der Waals surface area contributed by atoms with Crippen molar-refractivity contribution >= 4 is 16.7 Å². The molecule has 0 unspecified atom stereocenters. The number of fused-ring (bicyclic) bond motifs is 1. The summed E-state index contributed by atoms with van der Waals surface area (Å²) in [5.41, 5.74) is 6.56. The molecule has 0 saturated carbocycles. The first-order valence-electron chi connectivity index (χ1n) is 7.36. The van der Waals surface area contributed by atoms with Crippen LogP contribution in [-0.4, -0.2) is 15.0 Å². The van der Waals surface area contributed by atoms with Crippen molar-refractivity contribution in [1.82, 2.24) is 15.0 Å². The third-order valence-corrected chi connectivity index (χ3v) is 3.01. The Bertz CT molecular complexity index is 892. The van der Waals surface area contributed by atoms with E-state index in [1.807, 2.05) is 0 Å². The Morgan fingerprint density at radius 2 is 2.20 bits per heavy atom. The van der Waals surface area contributed by atoms with Gasteiger partial charge < -0.3 is 10.5 Å². The molecule has 102 valence electrons. The third-order valence-electron chi connectivity index (χ3n) is 3.01. The summed E-state index contributed by atoms with van der Waals surface area (Å²) in [6.45, 7) is -0.849. The van der Waals surface area contributed by atoms with E-state index >= 15 is 0 Å². The van der Waals surface area contributed by atoms with Crippen LogP contribution in [0.2, 0.25) is 0 Å². The van der Waals surface area contributed by atoms with Crippen molar-refractivity contribution in [3.05, 3.63) is 41.7 Å². The fourth-order valence-electron chi connectivity index (χ4n) is 1.89. The lowest BCUT2D eigenvalue weighted by atomic mass is 10.2. The number of nitrogen functional groups attached to an aromatic ring is 1. The molecule has 0 spiro atoms. The van der Waals surface area contributed by atoms with Gasteiger partial charge in [-0.15, -0.1) is 5.10 Å². The molecule has 0 saturated heterocycles. The molecule has 2 N–H and O–H groups in total. The number of nitrogens with zero attached hydrogens (tertiary/aromatic N) is 3. The first-order chi connectivity index (χ1) is 10.8. The van der Waals surface area contributed by atoms with Crippen molar-refractivity contribution in [3.8, 4) is 11.5 Å². The van der Waals surface area contributed by atoms with Crippen LogP contribution in [0.3, 0.4) is 0 Å². The van der Waals surface area contributed by atoms with Crippen molar-refractivity contribution in [1.29, 1.82) is 0 Å². The molecular weight excluding hydrogens is 259 g/mol. The fraction of sp³-hybridized carbons (Fsp3) is 0.143. The number of halogens is 1. The van der Waals surface area contributed by atoms with Crippen molar-refractivity contribution in [2.45, 2.75) is 6.92 Å². The molecule has 0 aliphatic rings. The number of ether oxygens (including phenoxy) is 1. The Kier molecular flexibility index (Phi) is 2.09. The van der Waals surface area contributed by atoms with E-state index in [9.17, 15) is 4.39 Å². The zero-order chi connectivity index (χ0) is 16.8. The number of hydrogen-bond donors (Lipinski definition) is 1. The Morgan fingerprint density at radius 1 is 1.35 bits per heavy atom. The highest BCUT2D eigenvalue weighted by Gasteiger charge is 2.10. The number of hydrogen-bond acceptors (Lipinski definition) is 4. The summed E-state index contributed by atoms with van der Waals surface area (Å²) in [6, 6.07) is 7.64. The number of benzene rings is 2. The van der Waals surface area contributed by atoms with Crippen LogP contribution < -0.4 is 10.5 Å². The van der Waals surface area contributed by atoms with Gasteiger partial charge in [-0.3, -0.25) is 0 Å². The third kappa shape index (κ3) is 1.95. The molecule has 0 radical (unpaired) electrons. The summed E-state index contributed by atoms with van der Waals surface area (Å²) < 4.78 is 42.4. The summed E-state index contributed by atoms with van der Waals surface area (Å²) in [7, 11) is 0. The van der Waals surface area contributed by atoms with Gasteiger partial charge >= 0.3 is 0 Å². The summed E-state index contributed by atoms with van der Waals surface area (Å²) in [5.74, 6) is 0.179. The first kappa shape index (κ1) is 9.30. The highest BCUT2D eigenvalue weighted by molar-refractivity contribution is 5.76. The maximum atomic E-state index is 13.8. The van der Waals surface area contributed by atoms with E-state index in [-0.39, 0.29) is 11.3 Å². The van der Waals surface area contributed by atoms with E-state index in [2.05, 4.69) is 10.3 Å². The second kappa shape index (κ2) is 4.48. The quantitative estimate of drug-likeness (QED) is 0.730. The van der Waals surface area contributed by atoms with Gasteiger partial charge in [0.25, 0.3) is 0 Å². The molecule has 3 aromatic rings. The number of rotatable bonds is 2. The van der Waals surface area contributed by atoms with Gasteiger partial charge in [-0.05, 0) is 31.2 Å². The zero-order valence-electron chi connectivity index (χ0n) is 13.6. The van der Waals surface area contributed by atoms with Gasteiger partial charge in [-0.1, -0.05) is 5.21 Å². The number of aromatic nitrogens is 3. The minimum absolute atomic E-state index is 0.0472. The smallest absolute Gasteiger partial charge is 0.152 e. The monoisotopic (exact) mass is 275 g/mol. The predicted octanol–water partition coefficient (Wildman–Crippen LogP) is 2.79. The largest absolute Gasteiger partial charge is 0.457 e. The lowest BCUT2D eigenvalue weighted by molar-refractivity contribution is 0.472. The second-order valence-electron chi connectivity index (χ2n) is 4.35. The van der Waals surface area contributed by atoms with Gasteiger partial charge in [0.1, 0.15) is 17.0 Å². The molecule has 6 heteroatoms. The van der Waals surface area contributed by atoms with Crippen LogP contribution in [0, 0.1) is 12.7 Å². The first-order valence-corrected chi connectivity index (χ1v) is 5.86. The van der Waals surface area contributed by atoms with Crippen LogP contribution in [0.25, 0.3) is 11.0 Å². The van der Waals surface area contributed by atoms with Crippen molar-refractivity contribution in [3.63, 3.8) is 0 Å². The normalized spacial score (nSPS) is 13.8.